The van der Waals surface area contributed by atoms with Gasteiger partial charge in [-0.25, -0.2) is 0 Å². The van der Waals surface area contributed by atoms with E-state index in [9.17, 15) is 9.59 Å². The molecule has 0 saturated carbocycles. The molecule has 4 rings (SSSR count). The maximum atomic E-state index is 13.1. The Kier molecular flexibility index (Phi) is 5.21. The summed E-state index contributed by atoms with van der Waals surface area (Å²) in [6.07, 6.45) is 0. The van der Waals surface area contributed by atoms with Crippen LogP contribution >= 0.6 is 28.1 Å². The fourth-order valence-corrected chi connectivity index (χ4v) is 3.87. The Balaban J connectivity index is 1.76. The van der Waals surface area contributed by atoms with E-state index >= 15 is 0 Å². The van der Waals surface area contributed by atoms with Gasteiger partial charge in [-0.1, -0.05) is 34.1 Å². The van der Waals surface area contributed by atoms with Crippen molar-refractivity contribution in [1.29, 1.82) is 0 Å². The van der Waals surface area contributed by atoms with Gasteiger partial charge in [-0.3, -0.25) is 9.59 Å². The van der Waals surface area contributed by atoms with Crippen LogP contribution in [0, 0.1) is 0 Å². The first-order valence-electron chi connectivity index (χ1n) is 8.89. The highest BCUT2D eigenvalue weighted by molar-refractivity contribution is 9.10. The van der Waals surface area contributed by atoms with Crippen molar-refractivity contribution < 1.29 is 4.79 Å². The van der Waals surface area contributed by atoms with Crippen LogP contribution in [-0.2, 0) is 4.79 Å². The lowest BCUT2D eigenvalue weighted by molar-refractivity contribution is -0.113. The van der Waals surface area contributed by atoms with Gasteiger partial charge in [-0.2, -0.15) is 0 Å². The van der Waals surface area contributed by atoms with Gasteiger partial charge in [0.15, 0.2) is 5.11 Å². The number of halogens is 1. The molecule has 29 heavy (non-hydrogen) atoms. The Morgan fingerprint density at radius 1 is 1.14 bits per heavy atom. The molecule has 0 radical (unpaired) electrons. The summed E-state index contributed by atoms with van der Waals surface area (Å²) in [5.41, 5.74) is 2.54. The molecule has 2 heterocycles. The van der Waals surface area contributed by atoms with E-state index in [-0.39, 0.29) is 11.5 Å². The number of pyridine rings is 1. The van der Waals surface area contributed by atoms with Gasteiger partial charge in [-0.05, 0) is 60.9 Å². The van der Waals surface area contributed by atoms with Crippen LogP contribution in [0.3, 0.4) is 0 Å². The molecule has 0 aliphatic carbocycles. The summed E-state index contributed by atoms with van der Waals surface area (Å²) in [6, 6.07) is 15.9. The molecule has 1 amide bonds. The molecule has 0 saturated heterocycles. The molecule has 0 unspecified atom stereocenters. The molecule has 2 aromatic carbocycles. The number of thiocarbonyl (C=S) groups is 1. The van der Waals surface area contributed by atoms with E-state index in [1.807, 2.05) is 36.4 Å². The number of amides is 1. The molecule has 146 valence electrons. The van der Waals surface area contributed by atoms with Gasteiger partial charge in [0.1, 0.15) is 0 Å². The fraction of sp³-hybridized carbons (Fsp3) is 0.0952. The number of para-hydroxylation sites is 1. The minimum atomic E-state index is -0.674. The van der Waals surface area contributed by atoms with Crippen LogP contribution < -0.4 is 21.5 Å². The van der Waals surface area contributed by atoms with Crippen LogP contribution in [0.15, 0.2) is 75.1 Å². The monoisotopic (exact) mass is 468 g/mol. The molecule has 0 spiro atoms. The van der Waals surface area contributed by atoms with Crippen molar-refractivity contribution in [3.05, 3.63) is 86.3 Å². The Morgan fingerprint density at radius 3 is 2.62 bits per heavy atom. The SMILES string of the molecule is CC1=C(C(=O)Nc2ccc(Br)cc2)[C@H](c2cc3ccccc3[nH]c2=O)NC(=S)N1. The van der Waals surface area contributed by atoms with Crippen LogP contribution in [0.5, 0.6) is 0 Å². The zero-order valence-electron chi connectivity index (χ0n) is 15.4. The quantitative estimate of drug-likeness (QED) is 0.440. The van der Waals surface area contributed by atoms with E-state index in [0.717, 1.165) is 15.4 Å². The third kappa shape index (κ3) is 3.94. The van der Waals surface area contributed by atoms with Gasteiger partial charge < -0.3 is 20.9 Å². The Hall–Kier alpha value is -2.97. The summed E-state index contributed by atoms with van der Waals surface area (Å²) in [5, 5.41) is 10.2. The van der Waals surface area contributed by atoms with Gasteiger partial charge in [0.25, 0.3) is 11.5 Å². The van der Waals surface area contributed by atoms with E-state index in [4.69, 9.17) is 12.2 Å². The lowest BCUT2D eigenvalue weighted by Crippen LogP contribution is -2.47. The van der Waals surface area contributed by atoms with Gasteiger partial charge in [0.2, 0.25) is 0 Å². The maximum absolute atomic E-state index is 13.1. The van der Waals surface area contributed by atoms with Crippen molar-refractivity contribution in [2.45, 2.75) is 13.0 Å². The lowest BCUT2D eigenvalue weighted by atomic mass is 9.95. The predicted molar refractivity (Wildman–Crippen MR) is 122 cm³/mol. The zero-order valence-corrected chi connectivity index (χ0v) is 17.8. The first-order chi connectivity index (χ1) is 13.9. The first kappa shape index (κ1) is 19.4. The summed E-state index contributed by atoms with van der Waals surface area (Å²) in [4.78, 5) is 28.8. The number of hydrogen-bond acceptors (Lipinski definition) is 3. The molecule has 1 aromatic heterocycles. The van der Waals surface area contributed by atoms with Crippen molar-refractivity contribution in [2.24, 2.45) is 0 Å². The van der Waals surface area contributed by atoms with E-state index < -0.39 is 6.04 Å². The average molecular weight is 469 g/mol. The third-order valence-corrected chi connectivity index (χ3v) is 5.46. The molecule has 1 aliphatic rings. The summed E-state index contributed by atoms with van der Waals surface area (Å²) in [5.74, 6) is -0.315. The van der Waals surface area contributed by atoms with E-state index in [1.165, 1.54) is 0 Å². The van der Waals surface area contributed by atoms with Gasteiger partial charge in [0.05, 0.1) is 11.6 Å². The van der Waals surface area contributed by atoms with Crippen molar-refractivity contribution in [1.82, 2.24) is 15.6 Å². The maximum Gasteiger partial charge on any atom is 0.255 e. The van der Waals surface area contributed by atoms with Gasteiger partial charge in [-0.15, -0.1) is 0 Å². The fourth-order valence-electron chi connectivity index (χ4n) is 3.34. The minimum absolute atomic E-state index is 0.271. The Labute approximate surface area is 180 Å². The van der Waals surface area contributed by atoms with Crippen LogP contribution in [0.4, 0.5) is 5.69 Å². The summed E-state index contributed by atoms with van der Waals surface area (Å²) < 4.78 is 0.915. The smallest absolute Gasteiger partial charge is 0.255 e. The van der Waals surface area contributed by atoms with Crippen LogP contribution in [-0.4, -0.2) is 16.0 Å². The van der Waals surface area contributed by atoms with E-state index in [2.05, 4.69) is 36.9 Å². The number of fused-ring (bicyclic) bond motifs is 1. The van der Waals surface area contributed by atoms with Crippen molar-refractivity contribution in [3.63, 3.8) is 0 Å². The molecule has 4 N–H and O–H groups in total. The number of H-pyrrole nitrogens is 1. The highest BCUT2D eigenvalue weighted by Crippen LogP contribution is 2.27. The number of nitrogens with one attached hydrogen (secondary N) is 4. The number of benzene rings is 2. The second-order valence-electron chi connectivity index (χ2n) is 6.67. The summed E-state index contributed by atoms with van der Waals surface area (Å²) in [7, 11) is 0. The number of aromatic amines is 1. The molecule has 3 aromatic rings. The zero-order chi connectivity index (χ0) is 20.5. The largest absolute Gasteiger partial charge is 0.351 e. The average Bonchev–Trinajstić information content (AvgIpc) is 2.68. The summed E-state index contributed by atoms with van der Waals surface area (Å²) in [6.45, 7) is 1.77. The summed E-state index contributed by atoms with van der Waals surface area (Å²) >= 11 is 8.65. The van der Waals surface area contributed by atoms with Crippen molar-refractivity contribution >= 4 is 55.8 Å². The number of rotatable bonds is 3. The second-order valence-corrected chi connectivity index (χ2v) is 8.00. The lowest BCUT2D eigenvalue weighted by Gasteiger charge is -2.30. The van der Waals surface area contributed by atoms with Crippen LogP contribution in [0.1, 0.15) is 18.5 Å². The third-order valence-electron chi connectivity index (χ3n) is 4.71. The van der Waals surface area contributed by atoms with Crippen molar-refractivity contribution in [2.75, 3.05) is 5.32 Å². The molecule has 6 nitrogen and oxygen atoms in total. The standard InChI is InChI=1S/C21H17BrN4O2S/c1-11-17(20(28)24-14-8-6-13(22)7-9-14)18(26-21(29)23-11)15-10-12-4-2-3-5-16(12)25-19(15)27/h2-10,18H,1H3,(H,24,28)(H,25,27)(H2,23,26,29)/t18-/m0/s1. The molecular weight excluding hydrogens is 452 g/mol. The highest BCUT2D eigenvalue weighted by Gasteiger charge is 2.31. The molecule has 1 aliphatic heterocycles. The van der Waals surface area contributed by atoms with Gasteiger partial charge >= 0.3 is 0 Å². The molecule has 0 fully saturated rings. The Bertz CT molecular complexity index is 1220. The number of hydrogen-bond donors (Lipinski definition) is 4. The molecular formula is C21H17BrN4O2S. The van der Waals surface area contributed by atoms with E-state index in [0.29, 0.717) is 27.6 Å². The van der Waals surface area contributed by atoms with Crippen LogP contribution in [0.2, 0.25) is 0 Å². The normalized spacial score (nSPS) is 16.3. The second kappa shape index (κ2) is 7.81. The van der Waals surface area contributed by atoms with Crippen LogP contribution in [0.25, 0.3) is 10.9 Å². The molecule has 0 bridgehead atoms. The number of aromatic nitrogens is 1. The Morgan fingerprint density at radius 2 is 1.86 bits per heavy atom. The topological polar surface area (TPSA) is 86.0 Å². The molecule has 8 heteroatoms. The number of allylic oxidation sites excluding steroid dienone is 1. The highest BCUT2D eigenvalue weighted by atomic mass is 79.9. The molecule has 1 atom stereocenters. The van der Waals surface area contributed by atoms with E-state index in [1.54, 1.807) is 25.1 Å². The first-order valence-corrected chi connectivity index (χ1v) is 10.1. The predicted octanol–water partition coefficient (Wildman–Crippen LogP) is 3.72. The number of carbonyl (C=O) groups is 1. The van der Waals surface area contributed by atoms with Crippen molar-refractivity contribution in [3.8, 4) is 0 Å². The van der Waals surface area contributed by atoms with Gasteiger partial charge in [0, 0.05) is 26.9 Å². The number of carbonyl (C=O) groups excluding carboxylic acids is 1. The minimum Gasteiger partial charge on any atom is -0.351 e. The number of anilines is 1.